The van der Waals surface area contributed by atoms with E-state index in [4.69, 9.17) is 4.74 Å². The Kier molecular flexibility index (Phi) is 4.92. The number of nitrogens with one attached hydrogen (secondary N) is 2. The van der Waals surface area contributed by atoms with E-state index in [0.717, 1.165) is 22.3 Å². The third-order valence-corrected chi connectivity index (χ3v) is 3.78. The third-order valence-electron chi connectivity index (χ3n) is 3.78. The molecular weight excluding hydrogens is 334 g/mol. The standard InChI is InChI=1S/C18H19N5O3/c1-4-26-16(25)9-15(24)20-14-8-13(22-23-14)18-11(3)19-12-7-5-6-10(2)17(12)21-18/h5-8H,4,9H2,1-3H3,(H2,20,22,23,24). The summed E-state index contributed by atoms with van der Waals surface area (Å²) in [5.41, 5.74) is 4.59. The van der Waals surface area contributed by atoms with Crippen molar-refractivity contribution in [2.45, 2.75) is 27.2 Å². The molecular formula is C18H19N5O3. The highest BCUT2D eigenvalue weighted by atomic mass is 16.5. The first-order chi connectivity index (χ1) is 12.5. The average Bonchev–Trinajstić information content (AvgIpc) is 3.02. The number of carbonyl (C=O) groups is 2. The number of nitrogens with zero attached hydrogens (tertiary/aromatic N) is 3. The number of para-hydroxylation sites is 1. The van der Waals surface area contributed by atoms with E-state index in [9.17, 15) is 9.59 Å². The van der Waals surface area contributed by atoms with E-state index in [1.165, 1.54) is 0 Å². The number of ether oxygens (including phenoxy) is 1. The summed E-state index contributed by atoms with van der Waals surface area (Å²) in [6, 6.07) is 7.49. The minimum atomic E-state index is -0.573. The Bertz CT molecular complexity index is 980. The number of aromatic nitrogens is 4. The van der Waals surface area contributed by atoms with Gasteiger partial charge in [0.1, 0.15) is 23.6 Å². The molecule has 0 spiro atoms. The molecule has 0 aliphatic rings. The number of amides is 1. The first-order valence-corrected chi connectivity index (χ1v) is 8.23. The first-order valence-electron chi connectivity index (χ1n) is 8.23. The molecule has 0 aliphatic carbocycles. The summed E-state index contributed by atoms with van der Waals surface area (Å²) in [6.45, 7) is 5.75. The first kappa shape index (κ1) is 17.5. The summed E-state index contributed by atoms with van der Waals surface area (Å²) < 4.78 is 4.75. The fraction of sp³-hybridized carbons (Fsp3) is 0.278. The van der Waals surface area contributed by atoms with Crippen LogP contribution in [0.2, 0.25) is 0 Å². The molecule has 0 aliphatic heterocycles. The van der Waals surface area contributed by atoms with Gasteiger partial charge in [-0.15, -0.1) is 0 Å². The van der Waals surface area contributed by atoms with Crippen molar-refractivity contribution in [3.63, 3.8) is 0 Å². The highest BCUT2D eigenvalue weighted by molar-refractivity contribution is 6.01. The van der Waals surface area contributed by atoms with E-state index in [2.05, 4.69) is 25.5 Å². The van der Waals surface area contributed by atoms with Crippen LogP contribution >= 0.6 is 0 Å². The zero-order chi connectivity index (χ0) is 18.7. The van der Waals surface area contributed by atoms with Gasteiger partial charge in [-0.25, -0.2) is 9.97 Å². The molecule has 0 bridgehead atoms. The lowest BCUT2D eigenvalue weighted by Gasteiger charge is -2.06. The average molecular weight is 353 g/mol. The molecule has 3 aromatic rings. The molecule has 8 nitrogen and oxygen atoms in total. The summed E-state index contributed by atoms with van der Waals surface area (Å²) in [6.07, 6.45) is -0.351. The zero-order valence-electron chi connectivity index (χ0n) is 14.8. The van der Waals surface area contributed by atoms with E-state index in [0.29, 0.717) is 17.2 Å². The number of aromatic amines is 1. The van der Waals surface area contributed by atoms with Crippen LogP contribution in [0.25, 0.3) is 22.4 Å². The van der Waals surface area contributed by atoms with Crippen LogP contribution in [-0.4, -0.2) is 38.6 Å². The van der Waals surface area contributed by atoms with Crippen molar-refractivity contribution < 1.29 is 14.3 Å². The van der Waals surface area contributed by atoms with Crippen LogP contribution < -0.4 is 5.32 Å². The van der Waals surface area contributed by atoms with Crippen molar-refractivity contribution >= 4 is 28.7 Å². The predicted molar refractivity (Wildman–Crippen MR) is 96.5 cm³/mol. The van der Waals surface area contributed by atoms with Gasteiger partial charge in [-0.3, -0.25) is 14.7 Å². The lowest BCUT2D eigenvalue weighted by atomic mass is 10.1. The van der Waals surface area contributed by atoms with Crippen molar-refractivity contribution in [1.82, 2.24) is 20.2 Å². The Labute approximate surface area is 150 Å². The zero-order valence-corrected chi connectivity index (χ0v) is 14.8. The van der Waals surface area contributed by atoms with Crippen molar-refractivity contribution in [1.29, 1.82) is 0 Å². The maximum Gasteiger partial charge on any atom is 0.315 e. The molecule has 0 saturated carbocycles. The van der Waals surface area contributed by atoms with Crippen LogP contribution in [0, 0.1) is 13.8 Å². The van der Waals surface area contributed by atoms with Gasteiger partial charge in [-0.2, -0.15) is 5.10 Å². The Morgan fingerprint density at radius 1 is 1.23 bits per heavy atom. The van der Waals surface area contributed by atoms with E-state index >= 15 is 0 Å². The number of H-pyrrole nitrogens is 1. The topological polar surface area (TPSA) is 110 Å². The summed E-state index contributed by atoms with van der Waals surface area (Å²) in [4.78, 5) is 32.4. The molecule has 26 heavy (non-hydrogen) atoms. The van der Waals surface area contributed by atoms with Crippen molar-refractivity contribution in [3.8, 4) is 11.4 Å². The molecule has 0 saturated heterocycles. The second-order valence-corrected chi connectivity index (χ2v) is 5.80. The van der Waals surface area contributed by atoms with Gasteiger partial charge in [-0.1, -0.05) is 12.1 Å². The largest absolute Gasteiger partial charge is 0.466 e. The molecule has 2 aromatic heterocycles. The number of hydrogen-bond donors (Lipinski definition) is 2. The second kappa shape index (κ2) is 7.30. The highest BCUT2D eigenvalue weighted by Gasteiger charge is 2.15. The van der Waals surface area contributed by atoms with Gasteiger partial charge in [0.05, 0.1) is 23.3 Å². The smallest absolute Gasteiger partial charge is 0.315 e. The summed E-state index contributed by atoms with van der Waals surface area (Å²) in [5.74, 6) is -0.673. The number of esters is 1. The SMILES string of the molecule is CCOC(=O)CC(=O)Nc1cc(-c2nc3c(C)cccc3nc2C)n[nH]1. The van der Waals surface area contributed by atoms with Gasteiger partial charge in [0.15, 0.2) is 0 Å². The highest BCUT2D eigenvalue weighted by Crippen LogP contribution is 2.24. The molecule has 134 valence electrons. The normalized spacial score (nSPS) is 10.7. The van der Waals surface area contributed by atoms with Crippen LogP contribution in [0.5, 0.6) is 0 Å². The molecule has 2 N–H and O–H groups in total. The molecule has 8 heteroatoms. The minimum absolute atomic E-state index is 0.236. The number of rotatable bonds is 5. The number of fused-ring (bicyclic) bond motifs is 1. The molecule has 2 heterocycles. The lowest BCUT2D eigenvalue weighted by molar-refractivity contribution is -0.145. The van der Waals surface area contributed by atoms with Gasteiger partial charge < -0.3 is 10.1 Å². The fourth-order valence-electron chi connectivity index (χ4n) is 2.59. The lowest BCUT2D eigenvalue weighted by Crippen LogP contribution is -2.18. The quantitative estimate of drug-likeness (QED) is 0.539. The molecule has 0 unspecified atom stereocenters. The molecule has 0 radical (unpaired) electrons. The molecule has 0 fully saturated rings. The van der Waals surface area contributed by atoms with Crippen molar-refractivity contribution in [3.05, 3.63) is 35.5 Å². The molecule has 3 rings (SSSR count). The summed E-state index contributed by atoms with van der Waals surface area (Å²) >= 11 is 0. The van der Waals surface area contributed by atoms with Gasteiger partial charge in [0.25, 0.3) is 0 Å². The fourth-order valence-corrected chi connectivity index (χ4v) is 2.59. The van der Waals surface area contributed by atoms with Crippen LogP contribution in [0.3, 0.4) is 0 Å². The minimum Gasteiger partial charge on any atom is -0.466 e. The van der Waals surface area contributed by atoms with Crippen molar-refractivity contribution in [2.75, 3.05) is 11.9 Å². The number of aryl methyl sites for hydroxylation is 2. The molecule has 1 aromatic carbocycles. The van der Waals surface area contributed by atoms with Crippen LogP contribution in [0.4, 0.5) is 5.82 Å². The number of carbonyl (C=O) groups excluding carboxylic acids is 2. The van der Waals surface area contributed by atoms with E-state index in [1.807, 2.05) is 32.0 Å². The Morgan fingerprint density at radius 3 is 2.81 bits per heavy atom. The molecule has 0 atom stereocenters. The monoisotopic (exact) mass is 353 g/mol. The summed E-state index contributed by atoms with van der Waals surface area (Å²) in [7, 11) is 0. The van der Waals surface area contributed by atoms with E-state index in [1.54, 1.807) is 13.0 Å². The van der Waals surface area contributed by atoms with Crippen LogP contribution in [0.1, 0.15) is 24.6 Å². The third kappa shape index (κ3) is 3.69. The van der Waals surface area contributed by atoms with Crippen LogP contribution in [-0.2, 0) is 14.3 Å². The Hall–Kier alpha value is -3.29. The number of benzene rings is 1. The van der Waals surface area contributed by atoms with E-state index in [-0.39, 0.29) is 13.0 Å². The second-order valence-electron chi connectivity index (χ2n) is 5.80. The number of hydrogen-bond acceptors (Lipinski definition) is 6. The van der Waals surface area contributed by atoms with Crippen LogP contribution in [0.15, 0.2) is 24.3 Å². The molecule has 1 amide bonds. The van der Waals surface area contributed by atoms with Gasteiger partial charge in [0, 0.05) is 6.07 Å². The summed E-state index contributed by atoms with van der Waals surface area (Å²) in [5, 5.41) is 9.51. The predicted octanol–water partition coefficient (Wildman–Crippen LogP) is 2.53. The van der Waals surface area contributed by atoms with Gasteiger partial charge in [0.2, 0.25) is 5.91 Å². The maximum absolute atomic E-state index is 11.8. The van der Waals surface area contributed by atoms with Gasteiger partial charge in [-0.05, 0) is 32.4 Å². The Morgan fingerprint density at radius 2 is 2.04 bits per heavy atom. The van der Waals surface area contributed by atoms with Crippen molar-refractivity contribution in [2.24, 2.45) is 0 Å². The maximum atomic E-state index is 11.8. The number of anilines is 1. The van der Waals surface area contributed by atoms with E-state index < -0.39 is 11.9 Å². The Balaban J connectivity index is 1.82. The van der Waals surface area contributed by atoms with Gasteiger partial charge >= 0.3 is 5.97 Å².